The summed E-state index contributed by atoms with van der Waals surface area (Å²) in [5.41, 5.74) is 3.79. The van der Waals surface area contributed by atoms with E-state index in [1.807, 2.05) is 0 Å². The SMILES string of the molecule is CCc1cccc(CC)c1Nc1ccc(C(=O)NCc2ccco2)nn1. The standard InChI is InChI=1S/C20H22N4O2/c1-3-14-7-5-8-15(4-2)19(14)22-18-11-10-17(23-24-18)20(25)21-13-16-9-6-12-26-16/h5-12H,3-4,13H2,1-2H3,(H,21,25)(H,22,24). The van der Waals surface area contributed by atoms with Crippen LogP contribution in [0.4, 0.5) is 11.5 Å². The lowest BCUT2D eigenvalue weighted by Crippen LogP contribution is -2.24. The van der Waals surface area contributed by atoms with Gasteiger partial charge >= 0.3 is 0 Å². The minimum atomic E-state index is -0.288. The van der Waals surface area contributed by atoms with Crippen molar-refractivity contribution in [2.75, 3.05) is 5.32 Å². The van der Waals surface area contributed by atoms with Crippen LogP contribution < -0.4 is 10.6 Å². The van der Waals surface area contributed by atoms with Crippen molar-refractivity contribution in [3.8, 4) is 0 Å². The molecule has 2 N–H and O–H groups in total. The van der Waals surface area contributed by atoms with E-state index in [1.165, 1.54) is 11.1 Å². The van der Waals surface area contributed by atoms with E-state index in [9.17, 15) is 4.79 Å². The highest BCUT2D eigenvalue weighted by Gasteiger charge is 2.11. The lowest BCUT2D eigenvalue weighted by atomic mass is 10.0. The molecule has 1 amide bonds. The molecule has 2 aromatic heterocycles. The first-order valence-corrected chi connectivity index (χ1v) is 8.73. The number of anilines is 2. The number of aromatic nitrogens is 2. The number of benzene rings is 1. The van der Waals surface area contributed by atoms with Gasteiger partial charge in [0.1, 0.15) is 5.76 Å². The number of hydrogen-bond donors (Lipinski definition) is 2. The number of aryl methyl sites for hydroxylation is 2. The van der Waals surface area contributed by atoms with Crippen LogP contribution in [0.1, 0.15) is 41.2 Å². The third kappa shape index (κ3) is 4.08. The molecule has 134 valence electrons. The molecule has 0 unspecified atom stereocenters. The number of nitrogens with one attached hydrogen (secondary N) is 2. The Morgan fingerprint density at radius 2 is 1.77 bits per heavy atom. The predicted octanol–water partition coefficient (Wildman–Crippen LogP) is 3.87. The average Bonchev–Trinajstić information content (AvgIpc) is 3.20. The van der Waals surface area contributed by atoms with Gasteiger partial charge in [-0.1, -0.05) is 32.0 Å². The molecule has 0 spiro atoms. The second-order valence-corrected chi connectivity index (χ2v) is 5.85. The fourth-order valence-corrected chi connectivity index (χ4v) is 2.72. The molecule has 6 heteroatoms. The van der Waals surface area contributed by atoms with E-state index in [-0.39, 0.29) is 11.6 Å². The van der Waals surface area contributed by atoms with Crippen molar-refractivity contribution in [1.29, 1.82) is 0 Å². The molecule has 0 saturated heterocycles. The minimum absolute atomic E-state index is 0.265. The summed E-state index contributed by atoms with van der Waals surface area (Å²) >= 11 is 0. The largest absolute Gasteiger partial charge is 0.467 e. The molecule has 26 heavy (non-hydrogen) atoms. The Kier molecular flexibility index (Phi) is 5.63. The lowest BCUT2D eigenvalue weighted by Gasteiger charge is -2.14. The normalized spacial score (nSPS) is 10.5. The van der Waals surface area contributed by atoms with Gasteiger partial charge < -0.3 is 15.1 Å². The summed E-state index contributed by atoms with van der Waals surface area (Å²) in [5.74, 6) is 1.01. The Labute approximate surface area is 152 Å². The van der Waals surface area contributed by atoms with Crippen LogP contribution in [-0.2, 0) is 19.4 Å². The fourth-order valence-electron chi connectivity index (χ4n) is 2.72. The van der Waals surface area contributed by atoms with E-state index in [1.54, 1.807) is 30.5 Å². The molecule has 0 aliphatic rings. The van der Waals surface area contributed by atoms with Crippen LogP contribution in [0.3, 0.4) is 0 Å². The molecule has 0 aliphatic carbocycles. The average molecular weight is 350 g/mol. The van der Waals surface area contributed by atoms with Gasteiger partial charge in [0.05, 0.1) is 12.8 Å². The Balaban J connectivity index is 1.69. The molecule has 1 aromatic carbocycles. The van der Waals surface area contributed by atoms with Gasteiger partial charge in [0.2, 0.25) is 0 Å². The van der Waals surface area contributed by atoms with Gasteiger partial charge in [-0.25, -0.2) is 0 Å². The molecule has 3 aromatic rings. The first kappa shape index (κ1) is 17.7. The second kappa shape index (κ2) is 8.29. The van der Waals surface area contributed by atoms with Crippen LogP contribution in [0.2, 0.25) is 0 Å². The molecule has 0 saturated carbocycles. The van der Waals surface area contributed by atoms with E-state index < -0.39 is 0 Å². The lowest BCUT2D eigenvalue weighted by molar-refractivity contribution is 0.0942. The van der Waals surface area contributed by atoms with Gasteiger partial charge in [0, 0.05) is 5.69 Å². The van der Waals surface area contributed by atoms with Crippen molar-refractivity contribution < 1.29 is 9.21 Å². The zero-order chi connectivity index (χ0) is 18.4. The van der Waals surface area contributed by atoms with E-state index in [4.69, 9.17) is 4.42 Å². The van der Waals surface area contributed by atoms with Gasteiger partial charge in [-0.05, 0) is 48.2 Å². The van der Waals surface area contributed by atoms with Crippen LogP contribution in [0.5, 0.6) is 0 Å². The predicted molar refractivity (Wildman–Crippen MR) is 100 cm³/mol. The van der Waals surface area contributed by atoms with E-state index >= 15 is 0 Å². The van der Waals surface area contributed by atoms with Crippen LogP contribution in [-0.4, -0.2) is 16.1 Å². The van der Waals surface area contributed by atoms with Crippen molar-refractivity contribution in [3.05, 3.63) is 71.3 Å². The zero-order valence-corrected chi connectivity index (χ0v) is 15.0. The highest BCUT2D eigenvalue weighted by molar-refractivity contribution is 5.92. The number of carbonyl (C=O) groups excluding carboxylic acids is 1. The summed E-state index contributed by atoms with van der Waals surface area (Å²) in [7, 11) is 0. The van der Waals surface area contributed by atoms with E-state index in [0.717, 1.165) is 18.5 Å². The smallest absolute Gasteiger partial charge is 0.272 e. The molecular formula is C20H22N4O2. The number of rotatable bonds is 7. The molecule has 0 fully saturated rings. The molecule has 0 atom stereocenters. The Bertz CT molecular complexity index is 836. The minimum Gasteiger partial charge on any atom is -0.467 e. The third-order valence-electron chi connectivity index (χ3n) is 4.15. The summed E-state index contributed by atoms with van der Waals surface area (Å²) < 4.78 is 5.19. The maximum atomic E-state index is 12.1. The molecule has 2 heterocycles. The molecule has 3 rings (SSSR count). The van der Waals surface area contributed by atoms with Gasteiger partial charge in [0.15, 0.2) is 11.5 Å². The molecule has 0 bridgehead atoms. The number of nitrogens with zero attached hydrogens (tertiary/aromatic N) is 2. The van der Waals surface area contributed by atoms with Gasteiger partial charge in [0.25, 0.3) is 5.91 Å². The van der Waals surface area contributed by atoms with Crippen molar-refractivity contribution in [2.24, 2.45) is 0 Å². The zero-order valence-electron chi connectivity index (χ0n) is 15.0. The highest BCUT2D eigenvalue weighted by Crippen LogP contribution is 2.25. The first-order valence-electron chi connectivity index (χ1n) is 8.73. The quantitative estimate of drug-likeness (QED) is 0.676. The Morgan fingerprint density at radius 3 is 2.35 bits per heavy atom. The van der Waals surface area contributed by atoms with Crippen molar-refractivity contribution >= 4 is 17.4 Å². The summed E-state index contributed by atoms with van der Waals surface area (Å²) in [4.78, 5) is 12.1. The van der Waals surface area contributed by atoms with E-state index in [0.29, 0.717) is 18.1 Å². The maximum Gasteiger partial charge on any atom is 0.272 e. The Hall–Kier alpha value is -3.15. The molecule has 0 aliphatic heterocycles. The summed E-state index contributed by atoms with van der Waals surface area (Å²) in [6.07, 6.45) is 3.42. The number of hydrogen-bond acceptors (Lipinski definition) is 5. The van der Waals surface area contributed by atoms with Crippen LogP contribution in [0.25, 0.3) is 0 Å². The second-order valence-electron chi connectivity index (χ2n) is 5.85. The van der Waals surface area contributed by atoms with Gasteiger partial charge in [-0.2, -0.15) is 0 Å². The monoisotopic (exact) mass is 350 g/mol. The van der Waals surface area contributed by atoms with Gasteiger partial charge in [-0.3, -0.25) is 4.79 Å². The summed E-state index contributed by atoms with van der Waals surface area (Å²) in [6.45, 7) is 4.56. The van der Waals surface area contributed by atoms with E-state index in [2.05, 4.69) is 52.9 Å². The number of amides is 1. The van der Waals surface area contributed by atoms with Crippen molar-refractivity contribution in [2.45, 2.75) is 33.2 Å². The number of carbonyl (C=O) groups is 1. The van der Waals surface area contributed by atoms with Crippen molar-refractivity contribution in [1.82, 2.24) is 15.5 Å². The number of furan rings is 1. The third-order valence-corrected chi connectivity index (χ3v) is 4.15. The van der Waals surface area contributed by atoms with Crippen LogP contribution in [0, 0.1) is 0 Å². The maximum absolute atomic E-state index is 12.1. The van der Waals surface area contributed by atoms with Crippen LogP contribution >= 0.6 is 0 Å². The fraction of sp³-hybridized carbons (Fsp3) is 0.250. The molecule has 6 nitrogen and oxygen atoms in total. The summed E-state index contributed by atoms with van der Waals surface area (Å²) in [5, 5.41) is 14.3. The number of para-hydroxylation sites is 1. The summed E-state index contributed by atoms with van der Waals surface area (Å²) in [6, 6.07) is 13.3. The van der Waals surface area contributed by atoms with Crippen LogP contribution in [0.15, 0.2) is 53.1 Å². The highest BCUT2D eigenvalue weighted by atomic mass is 16.3. The molecule has 0 radical (unpaired) electrons. The van der Waals surface area contributed by atoms with Gasteiger partial charge in [-0.15, -0.1) is 10.2 Å². The first-order chi connectivity index (χ1) is 12.7. The topological polar surface area (TPSA) is 80.0 Å². The molecular weight excluding hydrogens is 328 g/mol. The Morgan fingerprint density at radius 1 is 1.00 bits per heavy atom. The van der Waals surface area contributed by atoms with Crippen molar-refractivity contribution in [3.63, 3.8) is 0 Å².